The van der Waals surface area contributed by atoms with Gasteiger partial charge in [-0.15, -0.1) is 0 Å². The Hall–Kier alpha value is -11.6. The molecule has 5 aliphatic heterocycles. The zero-order chi connectivity index (χ0) is 99.4. The predicted octanol–water partition coefficient (Wildman–Crippen LogP) is 14.7. The molecule has 9 aromatic rings. The average molecular weight is 1880 g/mol. The zero-order valence-electron chi connectivity index (χ0n) is 81.9. The molecule has 732 valence electrons. The van der Waals surface area contributed by atoms with E-state index >= 15 is 0 Å². The molecule has 0 bridgehead atoms. The third-order valence-corrected chi connectivity index (χ3v) is 25.6. The van der Waals surface area contributed by atoms with Gasteiger partial charge in [0.15, 0.2) is 75.1 Å². The van der Waals surface area contributed by atoms with E-state index in [9.17, 15) is 68.7 Å². The Kier molecular flexibility index (Phi) is 32.6. The summed E-state index contributed by atoms with van der Waals surface area (Å²) in [5.41, 5.74) is 3.24. The van der Waals surface area contributed by atoms with E-state index in [-0.39, 0.29) is 70.7 Å². The SMILES string of the molecule is CC(C)NC(=O)[C@@H](NC(=O)c1nc(-c2ccc(F)c(F)c2)n2c1CN(C)C(C)CC2)C(C)(C)C.CC1CCn2c(-c3ccc(F)c(F)c3)nc(C(=O)N[C@H](C(=O)N3CCC3)C(C)(C)C)c2CN1C.CCNC(=O)[C@@H](NC(=O)c1nc(-c2ccc(F)c(F)c2)n2c1CN(C)C(C)CC2)C(C)(C)C.Cc1noc([C@@H](NC(=O)c2nc(-c3ccc(F)c(F)c3)n3c2CN(C)C(C)CC3)C(C)(C)C)n1. The fourth-order valence-electron chi connectivity index (χ4n) is 16.7. The van der Waals surface area contributed by atoms with Crippen molar-refractivity contribution in [3.63, 3.8) is 0 Å². The van der Waals surface area contributed by atoms with Crippen molar-refractivity contribution in [2.24, 2.45) is 21.7 Å². The second-order valence-electron chi connectivity index (χ2n) is 40.8. The summed E-state index contributed by atoms with van der Waals surface area (Å²) in [6.07, 6.45) is 4.21. The topological polar surface area (TPSA) is 318 Å². The molecule has 14 rings (SSSR count). The monoisotopic (exact) mass is 1880 g/mol. The van der Waals surface area contributed by atoms with E-state index in [2.05, 4.69) is 109 Å². The van der Waals surface area contributed by atoms with E-state index in [0.29, 0.717) is 146 Å². The molecule has 7 amide bonds. The maximum absolute atomic E-state index is 14.0. The van der Waals surface area contributed by atoms with Gasteiger partial charge in [0.05, 0.1) is 22.8 Å². The number of halogens is 8. The molecular weight excluding hydrogens is 1750 g/mol. The Bertz CT molecular complexity index is 5830. The molecular formula is C98H131F8N21O8. The Morgan fingerprint density at radius 1 is 0.393 bits per heavy atom. The minimum atomic E-state index is -0.974. The Labute approximate surface area is 784 Å². The highest BCUT2D eigenvalue weighted by Crippen LogP contribution is 2.38. The van der Waals surface area contributed by atoms with Gasteiger partial charge in [-0.25, -0.2) is 55.1 Å². The van der Waals surface area contributed by atoms with Gasteiger partial charge in [-0.05, 0) is 210 Å². The van der Waals surface area contributed by atoms with Crippen molar-refractivity contribution in [1.29, 1.82) is 0 Å². The van der Waals surface area contributed by atoms with Crippen LogP contribution < -0.4 is 31.9 Å². The lowest BCUT2D eigenvalue weighted by Crippen LogP contribution is -2.57. The second kappa shape index (κ2) is 42.4. The van der Waals surface area contributed by atoms with Crippen molar-refractivity contribution in [2.75, 3.05) is 47.8 Å². The molecule has 5 aromatic heterocycles. The Morgan fingerprint density at radius 2 is 0.681 bits per heavy atom. The molecule has 8 atom stereocenters. The third-order valence-electron chi connectivity index (χ3n) is 25.6. The number of aromatic nitrogens is 10. The van der Waals surface area contributed by atoms with Gasteiger partial charge < -0.3 is 59.6 Å². The van der Waals surface area contributed by atoms with Gasteiger partial charge in [-0.2, -0.15) is 4.98 Å². The highest BCUT2D eigenvalue weighted by molar-refractivity contribution is 6.00. The van der Waals surface area contributed by atoms with Crippen molar-refractivity contribution in [2.45, 2.75) is 277 Å². The molecule has 0 spiro atoms. The summed E-state index contributed by atoms with van der Waals surface area (Å²) in [6.45, 7) is 44.7. The number of fused-ring (bicyclic) bond motifs is 4. The molecule has 1 saturated heterocycles. The number of amides is 7. The molecule has 37 heteroatoms. The zero-order valence-corrected chi connectivity index (χ0v) is 81.9. The Balaban J connectivity index is 0.000000173. The van der Waals surface area contributed by atoms with Crippen molar-refractivity contribution in [1.82, 2.24) is 105 Å². The first-order valence-electron chi connectivity index (χ1n) is 46.1. The van der Waals surface area contributed by atoms with Crippen molar-refractivity contribution < 1.29 is 73.2 Å². The van der Waals surface area contributed by atoms with Gasteiger partial charge >= 0.3 is 0 Å². The van der Waals surface area contributed by atoms with E-state index in [0.717, 1.165) is 86.3 Å². The van der Waals surface area contributed by atoms with Crippen molar-refractivity contribution >= 4 is 41.4 Å². The Morgan fingerprint density at radius 3 is 0.926 bits per heavy atom. The fraction of sp³-hybridized carbons (Fsp3) is 0.541. The van der Waals surface area contributed by atoms with E-state index in [1.54, 1.807) is 11.8 Å². The first-order valence-corrected chi connectivity index (χ1v) is 46.1. The average Bonchev–Trinajstić information content (AvgIpc) is 1.63. The molecule has 10 heterocycles. The van der Waals surface area contributed by atoms with Gasteiger partial charge in [0, 0.05) is 124 Å². The first-order chi connectivity index (χ1) is 63.1. The summed E-state index contributed by atoms with van der Waals surface area (Å²) in [5.74, 6) is -7.57. The molecule has 1 fully saturated rings. The van der Waals surface area contributed by atoms with Gasteiger partial charge in [0.25, 0.3) is 23.6 Å². The number of nitrogens with zero attached hydrogens (tertiary/aromatic N) is 15. The largest absolute Gasteiger partial charge is 0.355 e. The highest BCUT2D eigenvalue weighted by atomic mass is 19.2. The fourth-order valence-corrected chi connectivity index (χ4v) is 16.7. The van der Waals surface area contributed by atoms with E-state index in [4.69, 9.17) is 4.52 Å². The number of rotatable bonds is 18. The van der Waals surface area contributed by atoms with Crippen LogP contribution in [0.5, 0.6) is 0 Å². The van der Waals surface area contributed by atoms with E-state index < -0.39 is 116 Å². The molecule has 5 aliphatic rings. The van der Waals surface area contributed by atoms with Crippen LogP contribution in [0, 0.1) is 75.1 Å². The molecule has 4 aromatic carbocycles. The molecule has 6 N–H and O–H groups in total. The quantitative estimate of drug-likeness (QED) is 0.0435. The maximum atomic E-state index is 14.0. The summed E-state index contributed by atoms with van der Waals surface area (Å²) in [4.78, 5) is 126. The summed E-state index contributed by atoms with van der Waals surface area (Å²) < 4.78 is 123. The third kappa shape index (κ3) is 24.3. The number of likely N-dealkylation sites (tertiary alicyclic amines) is 1. The van der Waals surface area contributed by atoms with Crippen LogP contribution >= 0.6 is 0 Å². The van der Waals surface area contributed by atoms with Crippen molar-refractivity contribution in [3.8, 4) is 45.6 Å². The van der Waals surface area contributed by atoms with Gasteiger partial charge in [0.1, 0.15) is 47.5 Å². The van der Waals surface area contributed by atoms with Gasteiger partial charge in [0.2, 0.25) is 23.6 Å². The normalized spacial score (nSPS) is 18.3. The standard InChI is InChI=1S/C25H33F2N5O2.C25H35F2N5O2.C24H30F2N6O2.C24H33F2N5O2/c1-15-9-12-32-19(14-30(15)5)20(28-22(32)16-7-8-17(26)18(27)13-16)23(33)29-21(25(2,3)4)24(34)31-10-6-11-31;1-14(2)28-24(34)21(25(4,5)6)30-23(33)20-19-13-31(7)15(3)10-11-32(19)22(29-20)16-8-9-17(26)18(27)12-16;1-13-9-10-32-18(12-31(13)6)19(28-21(32)15-7-8-16(25)17(26)11-15)22(33)29-20(24(3,4)5)23-27-14(2)30-34-23;1-7-27-23(33)20(24(3,4)5)29-22(32)19-18-13-30(6)14(2)10-11-31(18)21(28-19)15-8-9-16(25)17(26)12-15/h7-8,13,15,21H,6,9-12,14H2,1-5H3,(H,29,33);8-9,12,14-15,21H,10-11,13H2,1-7H3,(H,28,34)(H,30,33);7-8,11,13,20H,9-10,12H2,1-6H3,(H,29,33);8-9,12,14,20H,7,10-11,13H2,1-6H3,(H,27,33)(H,29,32)/t2*15?,21-;13?,20-;14?,20-/m1111/s1. The molecule has 0 radical (unpaired) electrons. The molecule has 4 unspecified atom stereocenters. The van der Waals surface area contributed by atoms with Gasteiger partial charge in [-0.3, -0.25) is 53.2 Å². The lowest BCUT2D eigenvalue weighted by Gasteiger charge is -2.38. The van der Waals surface area contributed by atoms with Crippen LogP contribution in [0.2, 0.25) is 0 Å². The lowest BCUT2D eigenvalue weighted by molar-refractivity contribution is -0.139. The number of hydrogen-bond donors (Lipinski definition) is 6. The number of likely N-dealkylation sites (N-methyl/N-ethyl adjacent to an activating group) is 1. The summed E-state index contributed by atoms with van der Waals surface area (Å²) in [7, 11) is 7.92. The van der Waals surface area contributed by atoms with Crippen LogP contribution in [0.1, 0.15) is 246 Å². The van der Waals surface area contributed by atoms with Crippen molar-refractivity contribution in [3.05, 3.63) is 177 Å². The van der Waals surface area contributed by atoms with Crippen LogP contribution in [0.3, 0.4) is 0 Å². The van der Waals surface area contributed by atoms with Crippen LogP contribution in [-0.4, -0.2) is 210 Å². The number of benzene rings is 4. The van der Waals surface area contributed by atoms with Crippen LogP contribution in [0.25, 0.3) is 45.6 Å². The molecule has 135 heavy (non-hydrogen) atoms. The van der Waals surface area contributed by atoms with E-state index in [1.807, 2.05) is 150 Å². The number of nitrogens with one attached hydrogen (secondary N) is 6. The summed E-state index contributed by atoms with van der Waals surface area (Å²) in [6, 6.07) is 12.7. The summed E-state index contributed by atoms with van der Waals surface area (Å²) in [5, 5.41) is 21.2. The number of carbonyl (C=O) groups excluding carboxylic acids is 7. The number of hydrogen-bond acceptors (Lipinski definition) is 18. The van der Waals surface area contributed by atoms with Gasteiger partial charge in [-0.1, -0.05) is 88.2 Å². The number of aryl methyl sites for hydroxylation is 1. The minimum Gasteiger partial charge on any atom is -0.355 e. The lowest BCUT2D eigenvalue weighted by atomic mass is 9.85. The van der Waals surface area contributed by atoms with Crippen LogP contribution in [-0.2, 0) is 66.7 Å². The second-order valence-corrected chi connectivity index (χ2v) is 40.8. The molecule has 0 aliphatic carbocycles. The first kappa shape index (κ1) is 104. The predicted molar refractivity (Wildman–Crippen MR) is 496 cm³/mol. The minimum absolute atomic E-state index is 0.0757. The van der Waals surface area contributed by atoms with E-state index in [1.165, 1.54) is 24.3 Å². The highest BCUT2D eigenvalue weighted by Gasteiger charge is 2.43. The molecule has 29 nitrogen and oxygen atoms in total. The van der Waals surface area contributed by atoms with Crippen LogP contribution in [0.4, 0.5) is 35.1 Å². The number of imidazole rings is 4. The number of carbonyl (C=O) groups is 7. The maximum Gasteiger partial charge on any atom is 0.272 e. The smallest absolute Gasteiger partial charge is 0.272 e. The summed E-state index contributed by atoms with van der Waals surface area (Å²) >= 11 is 0. The van der Waals surface area contributed by atoms with Crippen LogP contribution in [0.15, 0.2) is 77.3 Å². The molecule has 0 saturated carbocycles.